The van der Waals surface area contributed by atoms with Crippen molar-refractivity contribution in [3.63, 3.8) is 0 Å². The van der Waals surface area contributed by atoms with Crippen molar-refractivity contribution in [3.05, 3.63) is 65.9 Å². The SMILES string of the molecule is NC(=O)C1CCCN1C(C(=O)O)c1c[nH]c2ccc(NC(=O)c3ccccc3)cc12. The Morgan fingerprint density at radius 3 is 2.63 bits per heavy atom. The Balaban J connectivity index is 1.68. The summed E-state index contributed by atoms with van der Waals surface area (Å²) in [6.45, 7) is 0.474. The molecule has 154 valence electrons. The predicted octanol–water partition coefficient (Wildman–Crippen LogP) is 2.50. The zero-order valence-electron chi connectivity index (χ0n) is 16.2. The Kier molecular flexibility index (Phi) is 5.24. The van der Waals surface area contributed by atoms with Gasteiger partial charge in [-0.1, -0.05) is 18.2 Å². The fourth-order valence-corrected chi connectivity index (χ4v) is 4.10. The zero-order valence-corrected chi connectivity index (χ0v) is 16.2. The number of hydrogen-bond donors (Lipinski definition) is 4. The summed E-state index contributed by atoms with van der Waals surface area (Å²) in [6, 6.07) is 12.5. The number of H-pyrrole nitrogens is 1. The van der Waals surface area contributed by atoms with E-state index in [2.05, 4.69) is 10.3 Å². The number of nitrogens with zero attached hydrogens (tertiary/aromatic N) is 1. The predicted molar refractivity (Wildman–Crippen MR) is 112 cm³/mol. The van der Waals surface area contributed by atoms with Crippen LogP contribution >= 0.6 is 0 Å². The molecule has 8 heteroatoms. The highest BCUT2D eigenvalue weighted by atomic mass is 16.4. The van der Waals surface area contributed by atoms with Crippen LogP contribution in [0.3, 0.4) is 0 Å². The van der Waals surface area contributed by atoms with E-state index in [1.54, 1.807) is 53.6 Å². The van der Waals surface area contributed by atoms with Crippen molar-refractivity contribution in [2.45, 2.75) is 24.9 Å². The molecule has 4 rings (SSSR count). The lowest BCUT2D eigenvalue weighted by molar-refractivity contribution is -0.144. The average molecular weight is 406 g/mol. The summed E-state index contributed by atoms with van der Waals surface area (Å²) in [4.78, 5) is 41.2. The fourth-order valence-electron chi connectivity index (χ4n) is 4.10. The van der Waals surface area contributed by atoms with Crippen LogP contribution < -0.4 is 11.1 Å². The summed E-state index contributed by atoms with van der Waals surface area (Å²) in [5.74, 6) is -1.83. The second kappa shape index (κ2) is 8.00. The number of aromatic amines is 1. The van der Waals surface area contributed by atoms with Gasteiger partial charge in [0.15, 0.2) is 0 Å². The molecule has 2 aromatic carbocycles. The Labute approximate surface area is 172 Å². The van der Waals surface area contributed by atoms with Crippen LogP contribution in [0, 0.1) is 0 Å². The first-order valence-corrected chi connectivity index (χ1v) is 9.71. The molecule has 8 nitrogen and oxygen atoms in total. The van der Waals surface area contributed by atoms with Gasteiger partial charge >= 0.3 is 5.97 Å². The van der Waals surface area contributed by atoms with E-state index in [-0.39, 0.29) is 5.91 Å². The summed E-state index contributed by atoms with van der Waals surface area (Å²) in [6.07, 6.45) is 2.89. The van der Waals surface area contributed by atoms with Gasteiger partial charge in [0.25, 0.3) is 5.91 Å². The van der Waals surface area contributed by atoms with Crippen molar-refractivity contribution in [3.8, 4) is 0 Å². The lowest BCUT2D eigenvalue weighted by atomic mass is 10.0. The van der Waals surface area contributed by atoms with Gasteiger partial charge in [0.1, 0.15) is 6.04 Å². The fraction of sp³-hybridized carbons (Fsp3) is 0.227. The molecule has 1 aliphatic heterocycles. The molecule has 5 N–H and O–H groups in total. The molecule has 1 aliphatic rings. The number of fused-ring (bicyclic) bond motifs is 1. The molecular weight excluding hydrogens is 384 g/mol. The van der Waals surface area contributed by atoms with Gasteiger partial charge in [-0.25, -0.2) is 0 Å². The second-order valence-electron chi connectivity index (χ2n) is 7.36. The van der Waals surface area contributed by atoms with Crippen molar-refractivity contribution in [2.24, 2.45) is 5.73 Å². The Morgan fingerprint density at radius 2 is 1.93 bits per heavy atom. The van der Waals surface area contributed by atoms with E-state index in [0.717, 1.165) is 5.52 Å². The maximum Gasteiger partial charge on any atom is 0.325 e. The highest BCUT2D eigenvalue weighted by molar-refractivity contribution is 6.05. The van der Waals surface area contributed by atoms with Crippen LogP contribution in [-0.4, -0.2) is 45.4 Å². The number of carbonyl (C=O) groups is 3. The highest BCUT2D eigenvalue weighted by Crippen LogP contribution is 2.34. The minimum absolute atomic E-state index is 0.254. The van der Waals surface area contributed by atoms with Gasteiger partial charge in [-0.15, -0.1) is 0 Å². The number of rotatable bonds is 6. The first-order valence-electron chi connectivity index (χ1n) is 9.71. The number of carboxylic acids is 1. The third-order valence-electron chi connectivity index (χ3n) is 5.49. The van der Waals surface area contributed by atoms with Gasteiger partial charge in [0, 0.05) is 40.5 Å². The molecule has 0 saturated carbocycles. The first-order chi connectivity index (χ1) is 14.5. The number of anilines is 1. The molecule has 2 amide bonds. The van der Waals surface area contributed by atoms with Gasteiger partial charge < -0.3 is 21.1 Å². The Hall–Kier alpha value is -3.65. The van der Waals surface area contributed by atoms with Gasteiger partial charge in [-0.2, -0.15) is 0 Å². The van der Waals surface area contributed by atoms with Crippen molar-refractivity contribution in [1.82, 2.24) is 9.88 Å². The molecule has 0 bridgehead atoms. The van der Waals surface area contributed by atoms with Gasteiger partial charge in [0.05, 0.1) is 6.04 Å². The molecule has 0 spiro atoms. The lowest BCUT2D eigenvalue weighted by Gasteiger charge is -2.28. The molecule has 0 aliphatic carbocycles. The third kappa shape index (κ3) is 3.65. The van der Waals surface area contributed by atoms with E-state index < -0.39 is 24.0 Å². The van der Waals surface area contributed by atoms with E-state index in [0.29, 0.717) is 41.6 Å². The van der Waals surface area contributed by atoms with Gasteiger partial charge in [-0.05, 0) is 43.2 Å². The van der Waals surface area contributed by atoms with Crippen molar-refractivity contribution in [1.29, 1.82) is 0 Å². The highest BCUT2D eigenvalue weighted by Gasteiger charge is 2.39. The number of carbonyl (C=O) groups excluding carboxylic acids is 2. The number of aromatic nitrogens is 1. The summed E-state index contributed by atoms with van der Waals surface area (Å²) in [5.41, 5.74) is 7.84. The molecule has 1 saturated heterocycles. The molecular formula is C22H22N4O4. The molecule has 2 heterocycles. The van der Waals surface area contributed by atoms with E-state index >= 15 is 0 Å². The van der Waals surface area contributed by atoms with Crippen LogP contribution in [0.2, 0.25) is 0 Å². The average Bonchev–Trinajstić information content (AvgIpc) is 3.37. The van der Waals surface area contributed by atoms with Crippen LogP contribution in [0.5, 0.6) is 0 Å². The van der Waals surface area contributed by atoms with Crippen LogP contribution in [0.1, 0.15) is 34.8 Å². The maximum absolute atomic E-state index is 12.5. The first kappa shape index (κ1) is 19.7. The molecule has 30 heavy (non-hydrogen) atoms. The second-order valence-corrected chi connectivity index (χ2v) is 7.36. The molecule has 3 aromatic rings. The summed E-state index contributed by atoms with van der Waals surface area (Å²) < 4.78 is 0. The minimum atomic E-state index is -1.05. The van der Waals surface area contributed by atoms with E-state index in [1.807, 2.05) is 6.07 Å². The van der Waals surface area contributed by atoms with Crippen LogP contribution in [-0.2, 0) is 9.59 Å². The van der Waals surface area contributed by atoms with Crippen molar-refractivity contribution >= 4 is 34.4 Å². The molecule has 2 unspecified atom stereocenters. The number of aliphatic carboxylic acids is 1. The van der Waals surface area contributed by atoms with Crippen LogP contribution in [0.15, 0.2) is 54.7 Å². The number of amides is 2. The number of nitrogens with one attached hydrogen (secondary N) is 2. The Morgan fingerprint density at radius 1 is 1.17 bits per heavy atom. The maximum atomic E-state index is 12.5. The molecule has 2 atom stereocenters. The standard InChI is InChI=1S/C22H22N4O4/c23-20(27)18-7-4-10-26(18)19(22(29)30)16-12-24-17-9-8-14(11-15(16)17)25-21(28)13-5-2-1-3-6-13/h1-3,5-6,8-9,11-12,18-19,24H,4,7,10H2,(H2,23,27)(H,25,28)(H,29,30). The Bertz CT molecular complexity index is 1110. The van der Waals surface area contributed by atoms with Gasteiger partial charge in [0.2, 0.25) is 5.91 Å². The number of benzene rings is 2. The number of hydrogen-bond acceptors (Lipinski definition) is 4. The quantitative estimate of drug-likeness (QED) is 0.500. The zero-order chi connectivity index (χ0) is 21.3. The van der Waals surface area contributed by atoms with E-state index in [9.17, 15) is 19.5 Å². The summed E-state index contributed by atoms with van der Waals surface area (Å²) >= 11 is 0. The summed E-state index contributed by atoms with van der Waals surface area (Å²) in [5, 5.41) is 13.5. The molecule has 1 fully saturated rings. The third-order valence-corrected chi connectivity index (χ3v) is 5.49. The summed E-state index contributed by atoms with van der Waals surface area (Å²) in [7, 11) is 0. The minimum Gasteiger partial charge on any atom is -0.480 e. The number of nitrogens with two attached hydrogens (primary N) is 1. The van der Waals surface area contributed by atoms with Crippen LogP contribution in [0.25, 0.3) is 10.9 Å². The largest absolute Gasteiger partial charge is 0.480 e. The van der Waals surface area contributed by atoms with Crippen molar-refractivity contribution in [2.75, 3.05) is 11.9 Å². The van der Waals surface area contributed by atoms with Crippen LogP contribution in [0.4, 0.5) is 5.69 Å². The number of likely N-dealkylation sites (tertiary alicyclic amines) is 1. The number of primary amides is 1. The number of carboxylic acid groups (broad SMARTS) is 1. The molecule has 1 aromatic heterocycles. The van der Waals surface area contributed by atoms with Crippen molar-refractivity contribution < 1.29 is 19.5 Å². The monoisotopic (exact) mass is 406 g/mol. The van der Waals surface area contributed by atoms with E-state index in [4.69, 9.17) is 5.73 Å². The topological polar surface area (TPSA) is 129 Å². The smallest absolute Gasteiger partial charge is 0.325 e. The lowest BCUT2D eigenvalue weighted by Crippen LogP contribution is -2.44. The van der Waals surface area contributed by atoms with E-state index in [1.165, 1.54) is 0 Å². The van der Waals surface area contributed by atoms with Gasteiger partial charge in [-0.3, -0.25) is 19.3 Å². The molecule has 0 radical (unpaired) electrons. The normalized spacial score (nSPS) is 17.7.